The predicted octanol–water partition coefficient (Wildman–Crippen LogP) is -0.899. The van der Waals surface area contributed by atoms with Crippen LogP contribution in [0.5, 0.6) is 0 Å². The molecule has 17 heteroatoms. The molecule has 6 atom stereocenters. The molecule has 11 nitrogen and oxygen atoms in total. The van der Waals surface area contributed by atoms with E-state index in [0.717, 1.165) is 0 Å². The van der Waals surface area contributed by atoms with Gasteiger partial charge in [-0.05, 0) is 0 Å². The van der Waals surface area contributed by atoms with Crippen molar-refractivity contribution in [3.05, 3.63) is 0 Å². The van der Waals surface area contributed by atoms with Gasteiger partial charge < -0.3 is 0 Å². The van der Waals surface area contributed by atoms with Crippen LogP contribution in [0.3, 0.4) is 0 Å². The van der Waals surface area contributed by atoms with Crippen LogP contribution in [0.1, 0.15) is 0 Å². The van der Waals surface area contributed by atoms with E-state index in [1.807, 2.05) is 0 Å². The van der Waals surface area contributed by atoms with Gasteiger partial charge in [-0.15, -0.1) is 0 Å². The molecular formula is C6H13B2O11P3S. The second-order valence-corrected chi connectivity index (χ2v) is 11.5. The first kappa shape index (κ1) is 20.2. The van der Waals surface area contributed by atoms with E-state index in [4.69, 9.17) is 9.63 Å². The van der Waals surface area contributed by atoms with Gasteiger partial charge in [-0.2, -0.15) is 0 Å². The van der Waals surface area contributed by atoms with Crippen molar-refractivity contribution in [1.29, 1.82) is 0 Å². The fraction of sp³-hybridized carbons (Fsp3) is 1.00. The van der Waals surface area contributed by atoms with Gasteiger partial charge in [0.1, 0.15) is 0 Å². The van der Waals surface area contributed by atoms with Crippen molar-refractivity contribution in [3.63, 3.8) is 0 Å². The minimum atomic E-state index is -5.01. The molecule has 0 saturated carbocycles. The van der Waals surface area contributed by atoms with Crippen LogP contribution in [0.15, 0.2) is 0 Å². The molecule has 23 heavy (non-hydrogen) atoms. The summed E-state index contributed by atoms with van der Waals surface area (Å²) >= 11 is 3.28. The number of phosphoric acid groups is 1. The zero-order valence-electron chi connectivity index (χ0n) is 11.5. The van der Waals surface area contributed by atoms with E-state index < -0.39 is 52.5 Å². The van der Waals surface area contributed by atoms with Crippen molar-refractivity contribution in [1.82, 2.24) is 0 Å². The fourth-order valence-corrected chi connectivity index (χ4v) is 7.43. The van der Waals surface area contributed by atoms with Crippen molar-refractivity contribution >= 4 is 48.1 Å². The number of ether oxygens (including phenoxy) is 1. The Kier molecular flexibility index (Phi) is 5.73. The van der Waals surface area contributed by atoms with Crippen molar-refractivity contribution in [3.8, 4) is 0 Å². The normalized spacial score (nSPS) is 35.7. The number of phosphoric ester groups is 1. The molecule has 1 fully saturated rings. The molecule has 2 heterocycles. The molecule has 0 aromatic carbocycles. The van der Waals surface area contributed by atoms with Gasteiger partial charge in [0.05, 0.1) is 0 Å². The van der Waals surface area contributed by atoms with Crippen LogP contribution in [-0.4, -0.2) is 70.6 Å². The van der Waals surface area contributed by atoms with E-state index in [2.05, 4.69) is 25.4 Å². The molecule has 1 saturated heterocycles. The SMILES string of the molecule is CP(=O)(O)OP(=O)(S)OP(=O)(O)OCC1OC2(B=B2)C(O)C1O. The zero-order valence-corrected chi connectivity index (χ0v) is 15.1. The summed E-state index contributed by atoms with van der Waals surface area (Å²) in [5.41, 5.74) is 0. The first-order valence-corrected chi connectivity index (χ1v) is 12.2. The average molecular weight is 408 g/mol. The van der Waals surface area contributed by atoms with E-state index in [1.54, 1.807) is 0 Å². The number of aliphatic hydroxyl groups is 2. The summed E-state index contributed by atoms with van der Waals surface area (Å²) in [6.45, 7) is -1.69. The quantitative estimate of drug-likeness (QED) is 0.201. The topological polar surface area (TPSA) is 169 Å². The maximum absolute atomic E-state index is 11.7. The average Bonchev–Trinajstić information content (AvgIpc) is 3.04. The van der Waals surface area contributed by atoms with Gasteiger partial charge in [-0.25, -0.2) is 0 Å². The second-order valence-electron chi connectivity index (χ2n) is 4.98. The standard InChI is InChI=1S/C6H13B2O11P3S/c1-20(11,12)18-22(15,23)19-21(13,14)16-2-3-4(9)5(10)6(17-3)7-8-6/h3-5,9-10H,2H2,1H3,(H,11,12)(H,13,14)(H,15,23). The van der Waals surface area contributed by atoms with Crippen molar-refractivity contribution in [2.24, 2.45) is 0 Å². The fourth-order valence-electron chi connectivity index (χ4n) is 1.89. The summed E-state index contributed by atoms with van der Waals surface area (Å²) < 4.78 is 52.2. The van der Waals surface area contributed by atoms with Crippen molar-refractivity contribution < 1.29 is 51.6 Å². The van der Waals surface area contributed by atoms with Crippen LogP contribution >= 0.6 is 34.5 Å². The Morgan fingerprint density at radius 1 is 1.22 bits per heavy atom. The van der Waals surface area contributed by atoms with Crippen LogP contribution in [0.4, 0.5) is 0 Å². The van der Waals surface area contributed by atoms with Gasteiger partial charge in [0.25, 0.3) is 0 Å². The number of aliphatic hydroxyl groups excluding tert-OH is 2. The number of thiol groups is 1. The molecule has 6 unspecified atom stereocenters. The van der Waals surface area contributed by atoms with Crippen LogP contribution in [-0.2, 0) is 31.6 Å². The van der Waals surface area contributed by atoms with Gasteiger partial charge >= 0.3 is 137 Å². The van der Waals surface area contributed by atoms with Gasteiger partial charge in [-0.1, -0.05) is 0 Å². The van der Waals surface area contributed by atoms with Crippen molar-refractivity contribution in [2.75, 3.05) is 13.3 Å². The molecule has 0 aromatic heterocycles. The Hall–Kier alpha value is 0.850. The summed E-state index contributed by atoms with van der Waals surface area (Å²) in [6.07, 6.45) is -3.80. The zero-order chi connectivity index (χ0) is 17.7. The Bertz CT molecular complexity index is 644. The third-order valence-corrected chi connectivity index (χ3v) is 8.36. The third kappa shape index (κ3) is 5.41. The number of hydrogen-bond donors (Lipinski definition) is 5. The summed E-state index contributed by atoms with van der Waals surface area (Å²) in [5, 5.41) is 18.3. The van der Waals surface area contributed by atoms with E-state index in [0.29, 0.717) is 6.66 Å². The molecule has 0 aliphatic carbocycles. The molecule has 4 N–H and O–H groups in total. The molecule has 1 spiro atoms. The van der Waals surface area contributed by atoms with Gasteiger partial charge in [0, 0.05) is 0 Å². The Morgan fingerprint density at radius 3 is 2.22 bits per heavy atom. The Morgan fingerprint density at radius 2 is 1.78 bits per heavy atom. The van der Waals surface area contributed by atoms with E-state index in [9.17, 15) is 28.8 Å². The summed E-state index contributed by atoms with van der Waals surface area (Å²) in [6, 6.07) is 0. The molecule has 2 rings (SSSR count). The van der Waals surface area contributed by atoms with E-state index in [1.165, 1.54) is 13.6 Å². The molecule has 0 amide bonds. The van der Waals surface area contributed by atoms with Crippen molar-refractivity contribution in [2.45, 2.75) is 23.7 Å². The monoisotopic (exact) mass is 408 g/mol. The van der Waals surface area contributed by atoms with Crippen LogP contribution < -0.4 is 0 Å². The molecule has 0 radical (unpaired) electrons. The summed E-state index contributed by atoms with van der Waals surface area (Å²) in [4.78, 5) is 18.3. The molecule has 130 valence electrons. The van der Waals surface area contributed by atoms with Gasteiger partial charge in [0.2, 0.25) is 0 Å². The first-order chi connectivity index (χ1) is 10.3. The van der Waals surface area contributed by atoms with E-state index in [-0.39, 0.29) is 0 Å². The third-order valence-electron chi connectivity index (χ3n) is 2.88. The molecule has 2 aliphatic heterocycles. The Balaban J connectivity index is 1.91. The Labute approximate surface area is 137 Å². The molecular weight excluding hydrogens is 395 g/mol. The first-order valence-electron chi connectivity index (χ1n) is 6.03. The maximum atomic E-state index is 11.7. The minimum absolute atomic E-state index is 0.675. The van der Waals surface area contributed by atoms with Crippen LogP contribution in [0, 0.1) is 0 Å². The molecule has 2 aliphatic rings. The number of rotatable bonds is 7. The predicted molar refractivity (Wildman–Crippen MR) is 81.4 cm³/mol. The van der Waals surface area contributed by atoms with Gasteiger partial charge in [0.15, 0.2) is 0 Å². The summed E-state index contributed by atoms with van der Waals surface area (Å²) in [5.74, 6) is 0. The van der Waals surface area contributed by atoms with Crippen LogP contribution in [0.2, 0.25) is 0 Å². The molecule has 0 bridgehead atoms. The number of hydrogen-bond acceptors (Lipinski definition) is 9. The van der Waals surface area contributed by atoms with E-state index >= 15 is 0 Å². The van der Waals surface area contributed by atoms with Crippen LogP contribution in [0.25, 0.3) is 0 Å². The van der Waals surface area contributed by atoms with Gasteiger partial charge in [-0.3, -0.25) is 0 Å². The second kappa shape index (κ2) is 6.54. The molecule has 0 aromatic rings. The summed E-state index contributed by atoms with van der Waals surface area (Å²) in [7, 11) is -9.31.